The van der Waals surface area contributed by atoms with Crippen molar-refractivity contribution in [2.45, 2.75) is 44.8 Å². The van der Waals surface area contributed by atoms with Crippen molar-refractivity contribution in [2.75, 3.05) is 53.5 Å². The average Bonchev–Trinajstić information content (AvgIpc) is 2.74. The van der Waals surface area contributed by atoms with E-state index in [4.69, 9.17) is 16.3 Å². The molecule has 8 heteroatoms. The average molecular weight is 564 g/mol. The van der Waals surface area contributed by atoms with Gasteiger partial charge in [-0.25, -0.2) is 0 Å². The first-order valence-electron chi connectivity index (χ1n) is 11.2. The fourth-order valence-corrected chi connectivity index (χ4v) is 5.09. The van der Waals surface area contributed by atoms with Gasteiger partial charge >= 0.3 is 0 Å². The van der Waals surface area contributed by atoms with Crippen molar-refractivity contribution in [2.24, 2.45) is 10.9 Å². The normalized spacial score (nSPS) is 26.7. The zero-order chi connectivity index (χ0) is 21.5. The van der Waals surface area contributed by atoms with E-state index in [1.807, 2.05) is 13.1 Å². The molecule has 2 fully saturated rings. The molecule has 0 spiro atoms. The van der Waals surface area contributed by atoms with Gasteiger partial charge in [0.05, 0.1) is 13.2 Å². The van der Waals surface area contributed by atoms with Crippen LogP contribution >= 0.6 is 35.6 Å². The Bertz CT molecular complexity index is 706. The van der Waals surface area contributed by atoms with Crippen molar-refractivity contribution in [3.63, 3.8) is 0 Å². The van der Waals surface area contributed by atoms with Crippen LogP contribution in [0.3, 0.4) is 0 Å². The number of nitrogens with one attached hydrogen (secondary N) is 2. The summed E-state index contributed by atoms with van der Waals surface area (Å²) in [5.41, 5.74) is 1.30. The first-order chi connectivity index (χ1) is 14.5. The van der Waals surface area contributed by atoms with Crippen LogP contribution in [0.4, 0.5) is 0 Å². The van der Waals surface area contributed by atoms with Gasteiger partial charge in [0, 0.05) is 49.8 Å². The Balaban J connectivity index is 0.00000341. The Morgan fingerprint density at radius 3 is 2.84 bits per heavy atom. The summed E-state index contributed by atoms with van der Waals surface area (Å²) in [7, 11) is 4.06. The number of ether oxygens (including phenoxy) is 1. The molecule has 0 bridgehead atoms. The van der Waals surface area contributed by atoms with E-state index in [0.717, 1.165) is 50.4 Å². The molecule has 1 aromatic carbocycles. The zero-order valence-electron chi connectivity index (χ0n) is 19.3. The molecule has 0 saturated carbocycles. The van der Waals surface area contributed by atoms with Crippen molar-refractivity contribution >= 4 is 41.5 Å². The molecule has 31 heavy (non-hydrogen) atoms. The quantitative estimate of drug-likeness (QED) is 0.315. The van der Waals surface area contributed by atoms with Crippen LogP contribution in [-0.4, -0.2) is 81.3 Å². The molecule has 2 aliphatic heterocycles. The van der Waals surface area contributed by atoms with Crippen molar-refractivity contribution < 1.29 is 4.74 Å². The van der Waals surface area contributed by atoms with E-state index in [9.17, 15) is 0 Å². The van der Waals surface area contributed by atoms with E-state index in [1.54, 1.807) is 0 Å². The molecular formula is C23H39ClIN5O. The van der Waals surface area contributed by atoms with Gasteiger partial charge in [-0.1, -0.05) is 23.7 Å². The third-order valence-corrected chi connectivity index (χ3v) is 6.74. The summed E-state index contributed by atoms with van der Waals surface area (Å²) in [6, 6.07) is 9.58. The maximum absolute atomic E-state index is 6.28. The topological polar surface area (TPSA) is 52.1 Å². The third-order valence-electron chi connectivity index (χ3n) is 6.50. The van der Waals surface area contributed by atoms with E-state index >= 15 is 0 Å². The third kappa shape index (κ3) is 7.45. The molecule has 3 rings (SSSR count). The van der Waals surface area contributed by atoms with Crippen molar-refractivity contribution in [3.05, 3.63) is 34.9 Å². The zero-order valence-corrected chi connectivity index (χ0v) is 22.4. The van der Waals surface area contributed by atoms with Gasteiger partial charge in [0.15, 0.2) is 5.96 Å². The fraction of sp³-hybridized carbons (Fsp3) is 0.696. The first-order valence-corrected chi connectivity index (χ1v) is 11.6. The predicted molar refractivity (Wildman–Crippen MR) is 141 cm³/mol. The number of piperidine rings is 1. The summed E-state index contributed by atoms with van der Waals surface area (Å²) < 4.78 is 5.57. The lowest BCUT2D eigenvalue weighted by atomic mass is 9.85. The monoisotopic (exact) mass is 563 g/mol. The molecule has 1 aromatic rings. The van der Waals surface area contributed by atoms with Gasteiger partial charge in [0.25, 0.3) is 0 Å². The van der Waals surface area contributed by atoms with Gasteiger partial charge in [-0.05, 0) is 63.9 Å². The van der Waals surface area contributed by atoms with Gasteiger partial charge in [0.1, 0.15) is 0 Å². The number of likely N-dealkylation sites (tertiary alicyclic amines) is 1. The largest absolute Gasteiger partial charge is 0.379 e. The van der Waals surface area contributed by atoms with Crippen molar-refractivity contribution in [3.8, 4) is 0 Å². The van der Waals surface area contributed by atoms with E-state index in [1.165, 1.54) is 18.4 Å². The molecule has 6 nitrogen and oxygen atoms in total. The lowest BCUT2D eigenvalue weighted by Crippen LogP contribution is -2.53. The molecule has 2 N–H and O–H groups in total. The van der Waals surface area contributed by atoms with Crippen molar-refractivity contribution in [1.29, 1.82) is 0 Å². The van der Waals surface area contributed by atoms with Crippen LogP contribution in [0.2, 0.25) is 5.02 Å². The predicted octanol–water partition coefficient (Wildman–Crippen LogP) is 3.62. The summed E-state index contributed by atoms with van der Waals surface area (Å²) in [5.74, 6) is 1.39. The minimum Gasteiger partial charge on any atom is -0.379 e. The summed E-state index contributed by atoms with van der Waals surface area (Å²) in [6.07, 6.45) is 2.42. The molecule has 0 aromatic heterocycles. The van der Waals surface area contributed by atoms with Crippen LogP contribution in [0.1, 0.15) is 38.3 Å². The van der Waals surface area contributed by atoms with Gasteiger partial charge < -0.3 is 15.4 Å². The second-order valence-electron chi connectivity index (χ2n) is 8.73. The van der Waals surface area contributed by atoms with Gasteiger partial charge in [-0.3, -0.25) is 14.8 Å². The molecule has 176 valence electrons. The van der Waals surface area contributed by atoms with Gasteiger partial charge in [-0.2, -0.15) is 0 Å². The Kier molecular flexibility index (Phi) is 11.3. The number of rotatable bonds is 6. The highest BCUT2D eigenvalue weighted by molar-refractivity contribution is 14.0. The highest BCUT2D eigenvalue weighted by Gasteiger charge is 2.31. The smallest absolute Gasteiger partial charge is 0.191 e. The van der Waals surface area contributed by atoms with Gasteiger partial charge in [0.2, 0.25) is 0 Å². The molecule has 2 saturated heterocycles. The van der Waals surface area contributed by atoms with Crippen LogP contribution < -0.4 is 10.6 Å². The lowest BCUT2D eigenvalue weighted by Gasteiger charge is -2.40. The Labute approximate surface area is 210 Å². The van der Waals surface area contributed by atoms with Crippen LogP contribution in [0.5, 0.6) is 0 Å². The molecular weight excluding hydrogens is 525 g/mol. The van der Waals surface area contributed by atoms with Crippen LogP contribution in [-0.2, 0) is 4.74 Å². The fourth-order valence-electron chi connectivity index (χ4n) is 4.90. The SMILES string of the molecule is CN=C(NCC1CCCN(C)C1c1cccc(Cl)c1)NCC(C)N1CCOCC1C.I. The minimum atomic E-state index is 0. The molecule has 2 aliphatic rings. The molecule has 0 aliphatic carbocycles. The highest BCUT2D eigenvalue weighted by Crippen LogP contribution is 2.35. The standard InChI is InChI=1S/C23H38ClN5O.HI/c1-17(29-11-12-30-16-18(29)2)14-26-23(25-3)27-15-20-8-6-10-28(4)22(20)19-7-5-9-21(24)13-19;/h5,7,9,13,17-18,20,22H,6,8,10-12,14-16H2,1-4H3,(H2,25,26,27);1H. The summed E-state index contributed by atoms with van der Waals surface area (Å²) in [6.45, 7) is 10.0. The molecule has 0 radical (unpaired) electrons. The van der Waals surface area contributed by atoms with E-state index in [-0.39, 0.29) is 24.0 Å². The highest BCUT2D eigenvalue weighted by atomic mass is 127. The number of nitrogens with zero attached hydrogens (tertiary/aromatic N) is 3. The lowest BCUT2D eigenvalue weighted by molar-refractivity contribution is -0.0174. The number of hydrogen-bond donors (Lipinski definition) is 2. The summed E-state index contributed by atoms with van der Waals surface area (Å²) in [4.78, 5) is 9.42. The number of benzene rings is 1. The van der Waals surface area contributed by atoms with Crippen LogP contribution in [0.25, 0.3) is 0 Å². The Morgan fingerprint density at radius 1 is 1.32 bits per heavy atom. The molecule has 4 atom stereocenters. The number of morpholine rings is 1. The number of guanidine groups is 1. The minimum absolute atomic E-state index is 0. The molecule has 4 unspecified atom stereocenters. The van der Waals surface area contributed by atoms with Gasteiger partial charge in [-0.15, -0.1) is 24.0 Å². The van der Waals surface area contributed by atoms with Crippen LogP contribution in [0, 0.1) is 5.92 Å². The van der Waals surface area contributed by atoms with Crippen molar-refractivity contribution in [1.82, 2.24) is 20.4 Å². The van der Waals surface area contributed by atoms with E-state index in [2.05, 4.69) is 64.5 Å². The Morgan fingerprint density at radius 2 is 2.13 bits per heavy atom. The Hall–Kier alpha value is -0.610. The second-order valence-corrected chi connectivity index (χ2v) is 9.16. The van der Waals surface area contributed by atoms with E-state index in [0.29, 0.717) is 24.0 Å². The molecule has 0 amide bonds. The number of hydrogen-bond acceptors (Lipinski definition) is 4. The van der Waals surface area contributed by atoms with E-state index < -0.39 is 0 Å². The number of aliphatic imine (C=N–C) groups is 1. The maximum Gasteiger partial charge on any atom is 0.191 e. The first kappa shape index (κ1) is 26.6. The second kappa shape index (κ2) is 13.2. The summed E-state index contributed by atoms with van der Waals surface area (Å²) in [5, 5.41) is 7.91. The van der Waals surface area contributed by atoms with Crippen LogP contribution in [0.15, 0.2) is 29.3 Å². The maximum atomic E-state index is 6.28. The summed E-state index contributed by atoms with van der Waals surface area (Å²) >= 11 is 6.28. The number of halogens is 2. The molecule has 2 heterocycles.